The summed E-state index contributed by atoms with van der Waals surface area (Å²) in [5, 5.41) is 68.9. The number of carboxylic acids is 1. The summed E-state index contributed by atoms with van der Waals surface area (Å²) in [6.07, 6.45) is 0.557. The van der Waals surface area contributed by atoms with Crippen molar-refractivity contribution in [1.82, 2.24) is 4.98 Å². The zero-order valence-electron chi connectivity index (χ0n) is 40.6. The number of ketones is 3. The first-order valence-corrected chi connectivity index (χ1v) is 27.7. The van der Waals surface area contributed by atoms with Crippen LogP contribution < -0.4 is 15.4 Å². The SMILES string of the molecule is CC(=O)OCC(=O)Cc1ccc(Cl)cc1.O=C(O)c1c(O)c(Cc2ccc(Cl)cc2)nc2c(-c3ccsc3)cccc12.O=C1C(O)=[NH+]c2c(I)cccc21.O=C1C(O)=[NH+]c2c1cccc2-c1ccsc1.OB(O)c1ccsc1. The summed E-state index contributed by atoms with van der Waals surface area (Å²) in [5.41, 5.74) is 9.35. The van der Waals surface area contributed by atoms with Crippen LogP contribution in [0.4, 0.5) is 11.4 Å². The van der Waals surface area contributed by atoms with E-state index in [2.05, 4.69) is 42.3 Å². The van der Waals surface area contributed by atoms with Crippen molar-refractivity contribution < 1.29 is 69.2 Å². The molecular formula is C56H43BCl2IN3O12S3+2. The number of ether oxygens (including phenoxy) is 1. The molecular weight excluding hydrogens is 1210 g/mol. The van der Waals surface area contributed by atoms with E-state index in [1.165, 1.54) is 18.3 Å². The topological polar surface area (TPSA) is 257 Å². The van der Waals surface area contributed by atoms with E-state index < -0.39 is 19.1 Å². The van der Waals surface area contributed by atoms with Crippen LogP contribution in [0.2, 0.25) is 10.0 Å². The van der Waals surface area contributed by atoms with Crippen molar-refractivity contribution in [3.63, 3.8) is 0 Å². The first kappa shape index (κ1) is 58.3. The number of carboxylic acid groups (broad SMARTS) is 1. The van der Waals surface area contributed by atoms with Crippen LogP contribution in [0.5, 0.6) is 5.75 Å². The minimum atomic E-state index is -1.30. The molecule has 4 aromatic heterocycles. The average Bonchev–Trinajstić information content (AvgIpc) is 4.35. The second kappa shape index (κ2) is 27.3. The highest BCUT2D eigenvalue weighted by molar-refractivity contribution is 14.1. The number of carbonyl (C=O) groups is 5. The Kier molecular flexibility index (Phi) is 20.4. The number of aliphatic hydroxyl groups excluding tert-OH is 2. The molecule has 22 heteroatoms. The Morgan fingerprint density at radius 1 is 0.654 bits per heavy atom. The molecule has 0 saturated heterocycles. The third-order valence-corrected chi connectivity index (χ3v) is 14.8. The lowest BCUT2D eigenvalue weighted by molar-refractivity contribution is -0.361. The van der Waals surface area contributed by atoms with Crippen LogP contribution in [0.3, 0.4) is 0 Å². The molecule has 2 aliphatic rings. The van der Waals surface area contributed by atoms with Gasteiger partial charge in [0.25, 0.3) is 0 Å². The second-order valence-electron chi connectivity index (χ2n) is 16.7. The van der Waals surface area contributed by atoms with Crippen molar-refractivity contribution >= 4 is 156 Å². The van der Waals surface area contributed by atoms with Crippen LogP contribution in [0.1, 0.15) is 54.8 Å². The fourth-order valence-corrected chi connectivity index (χ4v) is 10.4. The molecule has 0 unspecified atom stereocenters. The van der Waals surface area contributed by atoms with E-state index in [1.807, 2.05) is 70.1 Å². The maximum Gasteiger partial charge on any atom is 0.489 e. The number of hydrogen-bond acceptors (Lipinski definition) is 13. The van der Waals surface area contributed by atoms with Gasteiger partial charge in [0.1, 0.15) is 23.3 Å². The number of nitrogens with one attached hydrogen (secondary N) is 2. The van der Waals surface area contributed by atoms with Crippen LogP contribution in [0, 0.1) is 3.57 Å². The lowest BCUT2D eigenvalue weighted by Crippen LogP contribution is -2.65. The van der Waals surface area contributed by atoms with Gasteiger partial charge < -0.3 is 35.2 Å². The van der Waals surface area contributed by atoms with E-state index in [0.29, 0.717) is 61.0 Å². The Morgan fingerprint density at radius 3 is 1.69 bits per heavy atom. The molecule has 0 saturated carbocycles. The van der Waals surface area contributed by atoms with Gasteiger partial charge >= 0.3 is 42.4 Å². The van der Waals surface area contributed by atoms with E-state index in [0.717, 1.165) is 37.0 Å². The van der Waals surface area contributed by atoms with Crippen molar-refractivity contribution in [1.29, 1.82) is 0 Å². The monoisotopic (exact) mass is 1250 g/mol. The van der Waals surface area contributed by atoms with Crippen molar-refractivity contribution in [2.24, 2.45) is 0 Å². The van der Waals surface area contributed by atoms with Gasteiger partial charge in [-0.1, -0.05) is 83.9 Å². The number of fused-ring (bicyclic) bond motifs is 3. The number of hydrogen-bond donors (Lipinski definition) is 8. The fourth-order valence-electron chi connectivity index (χ4n) is 7.58. The summed E-state index contributed by atoms with van der Waals surface area (Å²) >= 11 is 18.3. The number of aromatic nitrogens is 1. The molecule has 0 bridgehead atoms. The quantitative estimate of drug-likeness (QED) is 0.0364. The van der Waals surface area contributed by atoms with Gasteiger partial charge in [-0.2, -0.15) is 44.0 Å². The number of nitrogens with zero attached hydrogens (tertiary/aromatic N) is 1. The van der Waals surface area contributed by atoms with Gasteiger partial charge in [-0.05, 0) is 143 Å². The lowest BCUT2D eigenvalue weighted by Gasteiger charge is -2.13. The molecule has 78 heavy (non-hydrogen) atoms. The Morgan fingerprint density at radius 2 is 1.17 bits per heavy atom. The predicted molar refractivity (Wildman–Crippen MR) is 313 cm³/mol. The number of halogens is 3. The number of thiophene rings is 3. The first-order valence-electron chi connectivity index (χ1n) is 23.0. The van der Waals surface area contributed by atoms with Gasteiger partial charge in [-0.25, -0.2) is 9.78 Å². The number of Topliss-reactive ketones (excluding diaryl/α,β-unsaturated/α-hetero) is 3. The highest BCUT2D eigenvalue weighted by atomic mass is 127. The smallest absolute Gasteiger partial charge is 0.489 e. The largest absolute Gasteiger partial charge is 0.505 e. The molecule has 0 aliphatic carbocycles. The van der Waals surface area contributed by atoms with Crippen LogP contribution in [0.25, 0.3) is 33.2 Å². The Balaban J connectivity index is 0.000000150. The number of para-hydroxylation sites is 3. The summed E-state index contributed by atoms with van der Waals surface area (Å²) in [6.45, 7) is 1.10. The summed E-state index contributed by atoms with van der Waals surface area (Å²) in [5.74, 6) is -3.30. The number of rotatable bonds is 10. The predicted octanol–water partition coefficient (Wildman–Crippen LogP) is 8.49. The number of aromatic carboxylic acids is 1. The number of aromatic hydroxyl groups is 1. The molecule has 394 valence electrons. The molecule has 11 rings (SSSR count). The third-order valence-electron chi connectivity index (χ3n) is 11.3. The van der Waals surface area contributed by atoms with Gasteiger partial charge in [0.05, 0.1) is 20.3 Å². The fraction of sp³-hybridized carbons (Fsp3) is 0.0714. The Bertz CT molecular complexity index is 3690. The molecule has 9 aromatic rings. The van der Waals surface area contributed by atoms with E-state index in [-0.39, 0.29) is 53.5 Å². The zero-order chi connectivity index (χ0) is 56.0. The summed E-state index contributed by atoms with van der Waals surface area (Å²) in [7, 11) is -1.30. The molecule has 0 atom stereocenters. The highest BCUT2D eigenvalue weighted by Crippen LogP contribution is 2.36. The standard InChI is InChI=1S/C21H14ClNO3S.C12H7NO2S.C11H11ClO3.C8H4INO2.C4H5BO2S/c22-14-6-4-12(5-7-14)10-17-20(24)18(21(25)26)16-3-1-2-15(19(16)23-17)13-8-9-27-11-13;14-11-9-3-1-2-8(7-4-5-16-6-7)10(9)13-12(11)15;1-8(13)15-7-11(14)6-9-2-4-10(12)5-3-9;9-5-3-1-2-4-6(5)10-8(12)7(4)11;6-5(7)4-1-2-8-3-4/h1-9,11,24H,10H2,(H,25,26);1-6H,(H,13,14,15);2-5H,6-7H2,1H3;1-3H,(H,10,11,12);1-3,6-7H/p+2. The number of benzene rings is 5. The summed E-state index contributed by atoms with van der Waals surface area (Å²) in [4.78, 5) is 66.4. The third kappa shape index (κ3) is 15.0. The van der Waals surface area contributed by atoms with E-state index in [9.17, 15) is 39.3 Å². The van der Waals surface area contributed by atoms with E-state index in [4.69, 9.17) is 38.4 Å². The zero-order valence-corrected chi connectivity index (χ0v) is 46.8. The molecule has 15 nitrogen and oxygen atoms in total. The van der Waals surface area contributed by atoms with Gasteiger partial charge in [-0.3, -0.25) is 19.2 Å². The summed E-state index contributed by atoms with van der Waals surface area (Å²) in [6, 6.07) is 36.0. The Labute approximate surface area is 481 Å². The molecule has 5 aromatic carbocycles. The lowest BCUT2D eigenvalue weighted by atomic mass is 9.83. The first-order chi connectivity index (χ1) is 37.4. The van der Waals surface area contributed by atoms with Crippen molar-refractivity contribution in [2.45, 2.75) is 19.8 Å². The maximum atomic E-state index is 11.9. The number of aliphatic hydroxyl groups is 2. The Hall–Kier alpha value is -7.41. The second-order valence-corrected chi connectivity index (χ2v) is 21.0. The molecule has 0 amide bonds. The van der Waals surface area contributed by atoms with Gasteiger partial charge in [0, 0.05) is 40.8 Å². The van der Waals surface area contributed by atoms with Crippen LogP contribution >= 0.6 is 79.8 Å². The summed E-state index contributed by atoms with van der Waals surface area (Å²) < 4.78 is 5.52. The molecule has 6 heterocycles. The van der Waals surface area contributed by atoms with Gasteiger partial charge in [0.2, 0.25) is 11.4 Å². The normalized spacial score (nSPS) is 11.7. The van der Waals surface area contributed by atoms with Crippen molar-refractivity contribution in [3.8, 4) is 28.0 Å². The maximum absolute atomic E-state index is 11.9. The molecule has 0 fully saturated rings. The minimum absolute atomic E-state index is 0.124. The van der Waals surface area contributed by atoms with Crippen LogP contribution in [0.15, 0.2) is 154 Å². The van der Waals surface area contributed by atoms with Gasteiger partial charge in [0.15, 0.2) is 11.5 Å². The average molecular weight is 1250 g/mol. The highest BCUT2D eigenvalue weighted by Gasteiger charge is 2.34. The molecule has 8 N–H and O–H groups in total. The van der Waals surface area contributed by atoms with E-state index >= 15 is 0 Å². The van der Waals surface area contributed by atoms with Crippen molar-refractivity contribution in [2.75, 3.05) is 6.61 Å². The molecule has 2 aliphatic heterocycles. The number of esters is 1. The van der Waals surface area contributed by atoms with Crippen LogP contribution in [-0.4, -0.2) is 90.3 Å². The van der Waals surface area contributed by atoms with E-state index in [1.54, 1.807) is 106 Å². The number of carbonyl (C=O) groups excluding carboxylic acids is 4. The molecule has 0 spiro atoms. The molecule has 0 radical (unpaired) electrons. The van der Waals surface area contributed by atoms with Crippen LogP contribution in [-0.2, 0) is 27.2 Å². The van der Waals surface area contributed by atoms with Gasteiger partial charge in [-0.15, -0.1) is 0 Å². The number of pyridine rings is 1. The minimum Gasteiger partial charge on any atom is -0.505 e. The van der Waals surface area contributed by atoms with Crippen molar-refractivity contribution in [3.05, 3.63) is 201 Å².